The van der Waals surface area contributed by atoms with E-state index in [9.17, 15) is 4.79 Å². The molecule has 0 atom stereocenters. The number of carbonyl (C=O) groups excluding carboxylic acids is 1. The highest BCUT2D eigenvalue weighted by atomic mass is 35.5. The van der Waals surface area contributed by atoms with E-state index < -0.39 is 5.91 Å². The van der Waals surface area contributed by atoms with E-state index in [1.54, 1.807) is 42.1 Å². The van der Waals surface area contributed by atoms with Crippen molar-refractivity contribution in [1.29, 1.82) is 0 Å². The molecule has 3 N–H and O–H groups in total. The zero-order valence-electron chi connectivity index (χ0n) is 14.9. The number of rotatable bonds is 5. The third kappa shape index (κ3) is 3.62. The molecule has 29 heavy (non-hydrogen) atoms. The van der Waals surface area contributed by atoms with Gasteiger partial charge in [-0.05, 0) is 46.8 Å². The molecule has 0 aliphatic rings. The van der Waals surface area contributed by atoms with Gasteiger partial charge in [-0.15, -0.1) is 20.1 Å². The normalized spacial score (nSPS) is 10.9. The van der Waals surface area contributed by atoms with Crippen molar-refractivity contribution in [3.63, 3.8) is 0 Å². The Morgan fingerprint density at radius 3 is 2.34 bits per heavy atom. The maximum Gasteiger partial charge on any atom is 0.273 e. The molecule has 0 bridgehead atoms. The summed E-state index contributed by atoms with van der Waals surface area (Å²) < 4.78 is 1.56. The number of nitrogens with two attached hydrogens (primary N) is 1. The topological polar surface area (TPSA) is 129 Å². The van der Waals surface area contributed by atoms with Crippen LogP contribution in [0.3, 0.4) is 0 Å². The zero-order valence-corrected chi connectivity index (χ0v) is 16.4. The fourth-order valence-corrected chi connectivity index (χ4v) is 3.20. The summed E-state index contributed by atoms with van der Waals surface area (Å²) >= 11 is 12.4. The molecule has 10 nitrogen and oxygen atoms in total. The van der Waals surface area contributed by atoms with Gasteiger partial charge in [-0.3, -0.25) is 4.79 Å². The van der Waals surface area contributed by atoms with Crippen LogP contribution in [-0.4, -0.2) is 41.1 Å². The number of anilines is 2. The molecule has 12 heteroatoms. The minimum absolute atomic E-state index is 0.0532. The lowest BCUT2D eigenvalue weighted by atomic mass is 10.2. The Kier molecular flexibility index (Phi) is 4.87. The van der Waals surface area contributed by atoms with Crippen LogP contribution in [0.2, 0.25) is 10.0 Å². The van der Waals surface area contributed by atoms with Gasteiger partial charge in [0.15, 0.2) is 17.3 Å². The van der Waals surface area contributed by atoms with E-state index in [2.05, 4.69) is 31.0 Å². The molecule has 1 amide bonds. The first-order valence-corrected chi connectivity index (χ1v) is 9.01. The quantitative estimate of drug-likeness (QED) is 0.498. The molecule has 0 radical (unpaired) electrons. The van der Waals surface area contributed by atoms with E-state index in [-0.39, 0.29) is 11.5 Å². The second-order valence-electron chi connectivity index (χ2n) is 5.95. The third-order valence-corrected chi connectivity index (χ3v) is 4.62. The van der Waals surface area contributed by atoms with Crippen LogP contribution < -0.4 is 11.1 Å². The van der Waals surface area contributed by atoms with Crippen LogP contribution in [0.4, 0.5) is 11.5 Å². The van der Waals surface area contributed by atoms with E-state index >= 15 is 0 Å². The number of aromatic nitrogens is 7. The van der Waals surface area contributed by atoms with Crippen molar-refractivity contribution in [2.45, 2.75) is 0 Å². The first kappa shape index (κ1) is 18.8. The highest BCUT2D eigenvalue weighted by Crippen LogP contribution is 2.29. The summed E-state index contributed by atoms with van der Waals surface area (Å²) in [7, 11) is 1.75. The molecular weight excluding hydrogens is 417 g/mol. The number of primary amides is 1. The smallest absolute Gasteiger partial charge is 0.273 e. The van der Waals surface area contributed by atoms with E-state index in [1.165, 1.54) is 4.80 Å². The number of halogens is 2. The number of amides is 1. The average molecular weight is 430 g/mol. The van der Waals surface area contributed by atoms with Crippen LogP contribution in [0.5, 0.6) is 0 Å². The average Bonchev–Trinajstić information content (AvgIpc) is 3.29. The second kappa shape index (κ2) is 7.49. The fraction of sp³-hybridized carbons (Fsp3) is 0.0588. The maximum atomic E-state index is 11.8. The molecule has 2 heterocycles. The number of nitrogens with zero attached hydrogens (tertiary/aromatic N) is 7. The molecule has 0 aliphatic heterocycles. The van der Waals surface area contributed by atoms with Crippen molar-refractivity contribution in [3.8, 4) is 17.1 Å². The summed E-state index contributed by atoms with van der Waals surface area (Å²) in [6, 6.07) is 12.2. The Labute approximate surface area is 174 Å². The van der Waals surface area contributed by atoms with Gasteiger partial charge in [0.25, 0.3) is 5.91 Å². The number of nitrogens with one attached hydrogen (secondary N) is 1. The molecule has 146 valence electrons. The lowest BCUT2D eigenvalue weighted by Gasteiger charge is -2.06. The summed E-state index contributed by atoms with van der Waals surface area (Å²) in [4.78, 5) is 13.0. The Balaban J connectivity index is 1.67. The fourth-order valence-electron chi connectivity index (χ4n) is 2.65. The number of aryl methyl sites for hydroxylation is 1. The Bertz CT molecular complexity index is 1180. The molecule has 2 aromatic carbocycles. The molecule has 0 aliphatic carbocycles. The van der Waals surface area contributed by atoms with Crippen molar-refractivity contribution in [2.24, 2.45) is 12.8 Å². The standard InChI is InChI=1S/C17H13Cl2N9O/c1-27-17(22-25-26-27)9-5-7-10(8-6-9)21-16-13(15(20)29)23-28(24-16)14-11(18)3-2-4-12(14)19/h2-8H,1H3,(H2,20,29)(H,21,24). The van der Waals surface area contributed by atoms with E-state index in [1.807, 2.05) is 12.1 Å². The summed E-state index contributed by atoms with van der Waals surface area (Å²) in [6.45, 7) is 0. The van der Waals surface area contributed by atoms with Gasteiger partial charge in [-0.25, -0.2) is 4.68 Å². The Morgan fingerprint density at radius 1 is 1.07 bits per heavy atom. The SMILES string of the molecule is Cn1nnnc1-c1ccc(Nc2nn(-c3c(Cl)cccc3Cl)nc2C(N)=O)cc1. The number of tetrazole rings is 1. The maximum absolute atomic E-state index is 11.8. The van der Waals surface area contributed by atoms with Gasteiger partial charge in [-0.2, -0.15) is 0 Å². The first-order valence-electron chi connectivity index (χ1n) is 8.25. The van der Waals surface area contributed by atoms with Crippen molar-refractivity contribution in [1.82, 2.24) is 35.2 Å². The molecule has 0 unspecified atom stereocenters. The van der Waals surface area contributed by atoms with E-state index in [4.69, 9.17) is 28.9 Å². The van der Waals surface area contributed by atoms with Gasteiger partial charge < -0.3 is 11.1 Å². The van der Waals surface area contributed by atoms with Crippen LogP contribution in [0.25, 0.3) is 17.1 Å². The molecule has 4 aromatic rings. The van der Waals surface area contributed by atoms with E-state index in [0.29, 0.717) is 27.2 Å². The lowest BCUT2D eigenvalue weighted by Crippen LogP contribution is -2.14. The second-order valence-corrected chi connectivity index (χ2v) is 6.76. The van der Waals surface area contributed by atoms with Gasteiger partial charge in [0.1, 0.15) is 5.69 Å². The minimum Gasteiger partial charge on any atom is -0.364 e. The molecular formula is C17H13Cl2N9O. The molecule has 0 saturated heterocycles. The number of hydrogen-bond donors (Lipinski definition) is 2. The lowest BCUT2D eigenvalue weighted by molar-refractivity contribution is 0.0996. The van der Waals surface area contributed by atoms with Gasteiger partial charge in [0.05, 0.1) is 10.0 Å². The van der Waals surface area contributed by atoms with Crippen molar-refractivity contribution in [3.05, 3.63) is 58.2 Å². The molecule has 0 spiro atoms. The Hall–Kier alpha value is -3.50. The number of benzene rings is 2. The van der Waals surface area contributed by atoms with Gasteiger partial charge in [0, 0.05) is 18.3 Å². The minimum atomic E-state index is -0.747. The van der Waals surface area contributed by atoms with Crippen LogP contribution in [0, 0.1) is 0 Å². The van der Waals surface area contributed by atoms with Crippen LogP contribution >= 0.6 is 23.2 Å². The summed E-state index contributed by atoms with van der Waals surface area (Å²) in [5, 5.41) is 23.5. The predicted octanol–water partition coefficient (Wildman–Crippen LogP) is 2.61. The molecule has 0 fully saturated rings. The summed E-state index contributed by atoms with van der Waals surface area (Å²) in [5.41, 5.74) is 7.23. The van der Waals surface area contributed by atoms with Gasteiger partial charge in [0.2, 0.25) is 0 Å². The molecule has 0 saturated carbocycles. The Morgan fingerprint density at radius 2 is 1.76 bits per heavy atom. The summed E-state index contributed by atoms with van der Waals surface area (Å²) in [5.74, 6) is 0.0407. The summed E-state index contributed by atoms with van der Waals surface area (Å²) in [6.07, 6.45) is 0. The van der Waals surface area contributed by atoms with Crippen molar-refractivity contribution in [2.75, 3.05) is 5.32 Å². The van der Waals surface area contributed by atoms with Crippen LogP contribution in [0.15, 0.2) is 42.5 Å². The highest BCUT2D eigenvalue weighted by Gasteiger charge is 2.20. The van der Waals surface area contributed by atoms with Crippen LogP contribution in [-0.2, 0) is 7.05 Å². The van der Waals surface area contributed by atoms with Gasteiger partial charge >= 0.3 is 0 Å². The van der Waals surface area contributed by atoms with Gasteiger partial charge in [-0.1, -0.05) is 29.3 Å². The van der Waals surface area contributed by atoms with Crippen molar-refractivity contribution >= 4 is 40.6 Å². The van der Waals surface area contributed by atoms with Crippen LogP contribution in [0.1, 0.15) is 10.5 Å². The largest absolute Gasteiger partial charge is 0.364 e. The number of hydrogen-bond acceptors (Lipinski definition) is 7. The highest BCUT2D eigenvalue weighted by molar-refractivity contribution is 6.37. The number of carbonyl (C=O) groups is 1. The monoisotopic (exact) mass is 429 g/mol. The van der Waals surface area contributed by atoms with E-state index in [0.717, 1.165) is 5.56 Å². The zero-order chi connectivity index (χ0) is 20.5. The third-order valence-electron chi connectivity index (χ3n) is 4.01. The molecule has 4 rings (SSSR count). The predicted molar refractivity (Wildman–Crippen MR) is 107 cm³/mol. The first-order chi connectivity index (χ1) is 13.9. The molecule has 2 aromatic heterocycles. The van der Waals surface area contributed by atoms with Crippen molar-refractivity contribution < 1.29 is 4.79 Å². The number of para-hydroxylation sites is 1.